The predicted molar refractivity (Wildman–Crippen MR) is 164 cm³/mol. The van der Waals surface area contributed by atoms with Crippen molar-refractivity contribution in [2.24, 2.45) is 16.5 Å². The lowest BCUT2D eigenvalue weighted by atomic mass is 10.0. The number of aliphatic carboxylic acids is 1. The highest BCUT2D eigenvalue weighted by molar-refractivity contribution is 5.87. The molecule has 6 N–H and O–H groups in total. The maximum Gasteiger partial charge on any atom is 0.490 e. The molecule has 3 aromatic rings. The number of guanidine groups is 1. The molecule has 0 aromatic heterocycles. The molecular formula is C32H38F3N5O5. The number of carboxylic acid groups (broad SMARTS) is 1. The van der Waals surface area contributed by atoms with Crippen LogP contribution in [0.1, 0.15) is 37.3 Å². The standard InChI is InChI=1S/C30H37N5O3.C2HF3O2/c1-21(36)34-28(17-22-8-3-2-4-9-22)29(37)35-19-27(18-26(35)12-7-15-33-30(31)32)38-20-23-13-14-24-10-5-6-11-25(24)16-23;3-2(4,5)1(6)7/h2-6,8-11,13-14,16,26-28H,7,12,15,17-20H2,1H3,(H,34,36)(H4,31,32,33);(H,6,7)/t26-,27+,28+;/m0./s1. The number of ether oxygens (including phenoxy) is 1. The number of nitrogens with zero attached hydrogens (tertiary/aromatic N) is 2. The number of likely N-dealkylation sites (tertiary alicyclic amines) is 1. The Kier molecular flexibility index (Phi) is 12.7. The summed E-state index contributed by atoms with van der Waals surface area (Å²) >= 11 is 0. The number of fused-ring (bicyclic) bond motifs is 1. The van der Waals surface area contributed by atoms with E-state index in [0.29, 0.717) is 26.1 Å². The van der Waals surface area contributed by atoms with E-state index >= 15 is 0 Å². The highest BCUT2D eigenvalue weighted by Gasteiger charge is 2.39. The number of carboxylic acids is 1. The van der Waals surface area contributed by atoms with Gasteiger partial charge in [0.25, 0.3) is 0 Å². The number of carbonyl (C=O) groups excluding carboxylic acids is 2. The summed E-state index contributed by atoms with van der Waals surface area (Å²) in [4.78, 5) is 40.6. The average molecular weight is 630 g/mol. The smallest absolute Gasteiger partial charge is 0.475 e. The third-order valence-corrected chi connectivity index (χ3v) is 7.15. The number of aliphatic imine (C=N–C) groups is 1. The van der Waals surface area contributed by atoms with Crippen LogP contribution in [0.4, 0.5) is 13.2 Å². The van der Waals surface area contributed by atoms with Gasteiger partial charge in [0.1, 0.15) is 6.04 Å². The number of benzene rings is 3. The van der Waals surface area contributed by atoms with E-state index in [4.69, 9.17) is 26.1 Å². The molecule has 1 fully saturated rings. The minimum absolute atomic E-state index is 0.0228. The molecule has 242 valence electrons. The first-order valence-corrected chi connectivity index (χ1v) is 14.4. The Hall–Kier alpha value is -4.65. The zero-order chi connectivity index (χ0) is 33.0. The molecule has 3 aromatic carbocycles. The van der Waals surface area contributed by atoms with Gasteiger partial charge >= 0.3 is 12.1 Å². The van der Waals surface area contributed by atoms with E-state index in [-0.39, 0.29) is 29.9 Å². The van der Waals surface area contributed by atoms with Crippen molar-refractivity contribution < 1.29 is 37.4 Å². The lowest BCUT2D eigenvalue weighted by Crippen LogP contribution is -2.51. The minimum Gasteiger partial charge on any atom is -0.475 e. The summed E-state index contributed by atoms with van der Waals surface area (Å²) in [5, 5.41) is 12.4. The molecule has 0 radical (unpaired) electrons. The monoisotopic (exact) mass is 629 g/mol. The van der Waals surface area contributed by atoms with Gasteiger partial charge in [0.2, 0.25) is 11.8 Å². The maximum atomic E-state index is 13.8. The topological polar surface area (TPSA) is 160 Å². The molecule has 0 unspecified atom stereocenters. The second-order valence-corrected chi connectivity index (χ2v) is 10.7. The van der Waals surface area contributed by atoms with Gasteiger partial charge in [-0.05, 0) is 47.2 Å². The van der Waals surface area contributed by atoms with Crippen molar-refractivity contribution >= 4 is 34.5 Å². The molecule has 3 atom stereocenters. The van der Waals surface area contributed by atoms with Crippen LogP contribution in [0, 0.1) is 0 Å². The number of nitrogens with two attached hydrogens (primary N) is 2. The van der Waals surface area contributed by atoms with Gasteiger partial charge in [-0.25, -0.2) is 4.79 Å². The van der Waals surface area contributed by atoms with Crippen molar-refractivity contribution in [2.45, 2.75) is 63.6 Å². The summed E-state index contributed by atoms with van der Waals surface area (Å²) < 4.78 is 38.1. The summed E-state index contributed by atoms with van der Waals surface area (Å²) in [6.07, 6.45) is -2.55. The van der Waals surface area contributed by atoms with E-state index in [1.807, 2.05) is 47.4 Å². The fraction of sp³-hybridized carbons (Fsp3) is 0.375. The molecule has 0 bridgehead atoms. The number of carbonyl (C=O) groups is 3. The van der Waals surface area contributed by atoms with Gasteiger partial charge in [0, 0.05) is 32.5 Å². The number of alkyl halides is 3. The van der Waals surface area contributed by atoms with Gasteiger partial charge in [-0.15, -0.1) is 0 Å². The summed E-state index contributed by atoms with van der Waals surface area (Å²) in [5.74, 6) is -3.01. The lowest BCUT2D eigenvalue weighted by Gasteiger charge is -2.29. The number of hydrogen-bond acceptors (Lipinski definition) is 5. The van der Waals surface area contributed by atoms with Crippen LogP contribution in [0.5, 0.6) is 0 Å². The summed E-state index contributed by atoms with van der Waals surface area (Å²) in [7, 11) is 0. The third kappa shape index (κ3) is 11.4. The van der Waals surface area contributed by atoms with Gasteiger partial charge in [-0.3, -0.25) is 14.6 Å². The van der Waals surface area contributed by atoms with Crippen molar-refractivity contribution in [2.75, 3.05) is 13.1 Å². The molecule has 45 heavy (non-hydrogen) atoms. The Morgan fingerprint density at radius 1 is 1.02 bits per heavy atom. The van der Waals surface area contributed by atoms with Gasteiger partial charge in [0.15, 0.2) is 5.96 Å². The van der Waals surface area contributed by atoms with E-state index < -0.39 is 18.2 Å². The zero-order valence-corrected chi connectivity index (χ0v) is 24.9. The Morgan fingerprint density at radius 3 is 2.29 bits per heavy atom. The zero-order valence-electron chi connectivity index (χ0n) is 24.9. The molecule has 1 aliphatic heterocycles. The van der Waals surface area contributed by atoms with E-state index in [1.54, 1.807) is 0 Å². The molecule has 0 saturated carbocycles. The highest BCUT2D eigenvalue weighted by atomic mass is 19.4. The molecule has 1 saturated heterocycles. The van der Waals surface area contributed by atoms with Crippen LogP contribution in [-0.4, -0.2) is 71.2 Å². The van der Waals surface area contributed by atoms with Crippen molar-refractivity contribution in [1.29, 1.82) is 0 Å². The summed E-state index contributed by atoms with van der Waals surface area (Å²) in [5.41, 5.74) is 13.0. The molecule has 2 amide bonds. The first kappa shape index (κ1) is 34.8. The van der Waals surface area contributed by atoms with Crippen molar-refractivity contribution in [3.05, 3.63) is 83.9 Å². The quantitative estimate of drug-likeness (QED) is 0.143. The Morgan fingerprint density at radius 2 is 1.67 bits per heavy atom. The van der Waals surface area contributed by atoms with Crippen LogP contribution >= 0.6 is 0 Å². The van der Waals surface area contributed by atoms with Crippen molar-refractivity contribution in [3.63, 3.8) is 0 Å². The first-order valence-electron chi connectivity index (χ1n) is 14.4. The number of hydrogen-bond donors (Lipinski definition) is 4. The van der Waals surface area contributed by atoms with Gasteiger partial charge in [0.05, 0.1) is 12.7 Å². The van der Waals surface area contributed by atoms with Crippen LogP contribution in [0.2, 0.25) is 0 Å². The average Bonchev–Trinajstić information content (AvgIpc) is 3.40. The molecule has 0 spiro atoms. The molecule has 0 aliphatic carbocycles. The SMILES string of the molecule is CC(=O)N[C@H](Cc1ccccc1)C(=O)N1C[C@H](OCc2ccc3ccccc3c2)C[C@@H]1CCCN=C(N)N.O=C(O)C(F)(F)F. The minimum atomic E-state index is -5.08. The largest absolute Gasteiger partial charge is 0.490 e. The molecule has 4 rings (SSSR count). The highest BCUT2D eigenvalue weighted by Crippen LogP contribution is 2.27. The second kappa shape index (κ2) is 16.4. The lowest BCUT2D eigenvalue weighted by molar-refractivity contribution is -0.192. The van der Waals surface area contributed by atoms with E-state index in [0.717, 1.165) is 30.4 Å². The maximum absolute atomic E-state index is 13.8. The van der Waals surface area contributed by atoms with Crippen LogP contribution in [-0.2, 0) is 32.1 Å². The number of rotatable bonds is 11. The molecule has 1 heterocycles. The fourth-order valence-electron chi connectivity index (χ4n) is 5.11. The molecule has 13 heteroatoms. The van der Waals surface area contributed by atoms with Gasteiger partial charge in [-0.1, -0.05) is 66.7 Å². The van der Waals surface area contributed by atoms with Crippen LogP contribution in [0.15, 0.2) is 77.8 Å². The van der Waals surface area contributed by atoms with Gasteiger partial charge in [-0.2, -0.15) is 13.2 Å². The Labute approximate surface area is 259 Å². The third-order valence-electron chi connectivity index (χ3n) is 7.15. The number of nitrogens with one attached hydrogen (secondary N) is 1. The number of halogens is 3. The van der Waals surface area contributed by atoms with Crippen LogP contribution in [0.25, 0.3) is 10.8 Å². The molecule has 10 nitrogen and oxygen atoms in total. The molecular weight excluding hydrogens is 591 g/mol. The normalized spacial score (nSPS) is 16.8. The second-order valence-electron chi connectivity index (χ2n) is 10.7. The van der Waals surface area contributed by atoms with E-state index in [1.165, 1.54) is 17.7 Å². The van der Waals surface area contributed by atoms with Crippen molar-refractivity contribution in [1.82, 2.24) is 10.2 Å². The predicted octanol–water partition coefficient (Wildman–Crippen LogP) is 3.76. The van der Waals surface area contributed by atoms with Crippen LogP contribution < -0.4 is 16.8 Å². The van der Waals surface area contributed by atoms with Gasteiger partial charge < -0.3 is 31.5 Å². The first-order chi connectivity index (χ1) is 21.3. The summed E-state index contributed by atoms with van der Waals surface area (Å²) in [6, 6.07) is 23.6. The molecule has 1 aliphatic rings. The Balaban J connectivity index is 0.000000707. The van der Waals surface area contributed by atoms with E-state index in [2.05, 4.69) is 40.6 Å². The van der Waals surface area contributed by atoms with E-state index in [9.17, 15) is 22.8 Å². The number of amides is 2. The van der Waals surface area contributed by atoms with Crippen LogP contribution in [0.3, 0.4) is 0 Å². The fourth-order valence-corrected chi connectivity index (χ4v) is 5.11. The summed E-state index contributed by atoms with van der Waals surface area (Å²) in [6.45, 7) is 2.89. The Bertz CT molecular complexity index is 1460. The van der Waals surface area contributed by atoms with Crippen molar-refractivity contribution in [3.8, 4) is 0 Å².